The molecule has 42 heavy (non-hydrogen) atoms. The van der Waals surface area contributed by atoms with Crippen LogP contribution < -0.4 is 0 Å². The smallest absolute Gasteiger partial charge is 0.102 e. The number of rotatable bonds is 2. The molecule has 0 fully saturated rings. The van der Waals surface area contributed by atoms with E-state index in [1.807, 2.05) is 12.3 Å². The summed E-state index contributed by atoms with van der Waals surface area (Å²) in [5.41, 5.74) is 13.5. The minimum Gasteiger partial charge on any atom is -0.309 e. The zero-order valence-electron chi connectivity index (χ0n) is 23.6. The minimum atomic E-state index is -0.0259. The second kappa shape index (κ2) is 8.50. The molecule has 6 aromatic rings. The van der Waals surface area contributed by atoms with Gasteiger partial charge in [0.25, 0.3) is 0 Å². The van der Waals surface area contributed by atoms with Gasteiger partial charge in [0.1, 0.15) is 6.04 Å². The normalized spacial score (nSPS) is 19.1. The lowest BCUT2D eigenvalue weighted by Crippen LogP contribution is -2.16. The van der Waals surface area contributed by atoms with Gasteiger partial charge in [-0.1, -0.05) is 98.8 Å². The molecule has 9 rings (SSSR count). The maximum absolute atomic E-state index is 5.13. The zero-order chi connectivity index (χ0) is 28.0. The molecule has 3 heterocycles. The summed E-state index contributed by atoms with van der Waals surface area (Å²) in [4.78, 5) is 9.88. The predicted molar refractivity (Wildman–Crippen MR) is 174 cm³/mol. The molecule has 0 amide bonds. The van der Waals surface area contributed by atoms with Gasteiger partial charge in [0.2, 0.25) is 0 Å². The second-order valence-corrected chi connectivity index (χ2v) is 12.2. The highest BCUT2D eigenvalue weighted by Crippen LogP contribution is 2.53. The van der Waals surface area contributed by atoms with E-state index in [9.17, 15) is 0 Å². The third kappa shape index (κ3) is 3.16. The monoisotopic (exact) mass is 539 g/mol. The first-order chi connectivity index (χ1) is 20.6. The van der Waals surface area contributed by atoms with E-state index in [4.69, 9.17) is 9.98 Å². The van der Waals surface area contributed by atoms with E-state index in [-0.39, 0.29) is 17.4 Å². The van der Waals surface area contributed by atoms with Gasteiger partial charge in [-0.2, -0.15) is 0 Å². The molecular weight excluding hydrogens is 510 g/mol. The van der Waals surface area contributed by atoms with Crippen molar-refractivity contribution in [3.05, 3.63) is 138 Å². The molecule has 200 valence electrons. The summed E-state index contributed by atoms with van der Waals surface area (Å²) in [6.45, 7) is 4.70. The molecule has 3 nitrogen and oxygen atoms in total. The number of aromatic nitrogens is 2. The van der Waals surface area contributed by atoms with Crippen molar-refractivity contribution >= 4 is 34.1 Å². The topological polar surface area (TPSA) is 30.2 Å². The number of allylic oxidation sites excluding steroid dienone is 1. The van der Waals surface area contributed by atoms with Gasteiger partial charge in [0.05, 0.1) is 22.4 Å². The summed E-state index contributed by atoms with van der Waals surface area (Å²) in [5.74, 6) is 0.280. The fourth-order valence-corrected chi connectivity index (χ4v) is 7.50. The molecular formula is C39H29N3. The van der Waals surface area contributed by atoms with Crippen LogP contribution in [0.3, 0.4) is 0 Å². The number of hydrogen-bond acceptors (Lipinski definition) is 2. The molecule has 3 aliphatic rings. The summed E-state index contributed by atoms with van der Waals surface area (Å²) in [6.07, 6.45) is 10.5. The van der Waals surface area contributed by atoms with Crippen molar-refractivity contribution in [3.63, 3.8) is 0 Å². The van der Waals surface area contributed by atoms with Crippen molar-refractivity contribution in [1.29, 1.82) is 0 Å². The van der Waals surface area contributed by atoms with Crippen LogP contribution in [0.2, 0.25) is 0 Å². The van der Waals surface area contributed by atoms with Crippen LogP contribution in [0.1, 0.15) is 42.3 Å². The Hall–Kier alpha value is -5.02. The maximum atomic E-state index is 5.13. The van der Waals surface area contributed by atoms with Crippen LogP contribution in [-0.2, 0) is 5.41 Å². The Morgan fingerprint density at radius 1 is 0.738 bits per heavy atom. The fourth-order valence-electron chi connectivity index (χ4n) is 7.50. The molecule has 0 spiro atoms. The molecule has 0 N–H and O–H groups in total. The van der Waals surface area contributed by atoms with E-state index in [1.54, 1.807) is 0 Å². The lowest BCUT2D eigenvalue weighted by Gasteiger charge is -2.25. The molecule has 2 atom stereocenters. The molecule has 4 aromatic carbocycles. The van der Waals surface area contributed by atoms with E-state index in [1.165, 1.54) is 44.1 Å². The average Bonchev–Trinajstić information content (AvgIpc) is 3.50. The van der Waals surface area contributed by atoms with Crippen LogP contribution in [0.15, 0.2) is 120 Å². The van der Waals surface area contributed by atoms with Crippen molar-refractivity contribution < 1.29 is 0 Å². The Bertz CT molecular complexity index is 2170. The largest absolute Gasteiger partial charge is 0.309 e. The van der Waals surface area contributed by atoms with Gasteiger partial charge in [0, 0.05) is 39.6 Å². The summed E-state index contributed by atoms with van der Waals surface area (Å²) in [7, 11) is 0. The first-order valence-electron chi connectivity index (χ1n) is 14.8. The first-order valence-corrected chi connectivity index (χ1v) is 14.8. The standard InChI is InChI=1S/C39H29N3/c1-39(2)30-11-5-3-9-28(30)35-31(39)20-22-34-36(35)29-10-4-6-12-33(29)42(34)27-18-15-24(16-19-27)32-21-17-26-14-13-25-8-7-23-40-37(25)38(26)41-32/h3-23,25,37H,1-2H3. The maximum Gasteiger partial charge on any atom is 0.102 e. The Balaban J connectivity index is 1.20. The summed E-state index contributed by atoms with van der Waals surface area (Å²) in [6, 6.07) is 35.7. The van der Waals surface area contributed by atoms with Gasteiger partial charge >= 0.3 is 0 Å². The molecule has 2 unspecified atom stereocenters. The van der Waals surface area contributed by atoms with Gasteiger partial charge in [-0.25, -0.2) is 4.98 Å². The van der Waals surface area contributed by atoms with Crippen LogP contribution in [0.4, 0.5) is 0 Å². The van der Waals surface area contributed by atoms with E-state index in [2.05, 4.69) is 134 Å². The van der Waals surface area contributed by atoms with Crippen LogP contribution in [0, 0.1) is 5.92 Å². The highest BCUT2D eigenvalue weighted by Gasteiger charge is 2.37. The van der Waals surface area contributed by atoms with Crippen molar-refractivity contribution in [2.24, 2.45) is 10.9 Å². The SMILES string of the molecule is CC1(C)c2ccccc2-c2c1ccc1c2c2ccccc2n1-c1ccc(-c2ccc3c(n2)C2N=CC=CC2C=C3)cc1. The van der Waals surface area contributed by atoms with Crippen molar-refractivity contribution in [2.45, 2.75) is 25.3 Å². The van der Waals surface area contributed by atoms with Gasteiger partial charge in [-0.3, -0.25) is 4.99 Å². The van der Waals surface area contributed by atoms with E-state index in [0.29, 0.717) is 0 Å². The highest BCUT2D eigenvalue weighted by atomic mass is 15.0. The Morgan fingerprint density at radius 2 is 1.57 bits per heavy atom. The number of pyridine rings is 1. The van der Waals surface area contributed by atoms with E-state index < -0.39 is 0 Å². The number of dihydropyridines is 1. The molecule has 0 saturated heterocycles. The van der Waals surface area contributed by atoms with Crippen LogP contribution in [-0.4, -0.2) is 15.8 Å². The molecule has 0 bridgehead atoms. The van der Waals surface area contributed by atoms with E-state index in [0.717, 1.165) is 28.2 Å². The van der Waals surface area contributed by atoms with Gasteiger partial charge in [-0.15, -0.1) is 0 Å². The lowest BCUT2D eigenvalue weighted by molar-refractivity contribution is 0.594. The van der Waals surface area contributed by atoms with Crippen LogP contribution in [0.5, 0.6) is 0 Å². The quantitative estimate of drug-likeness (QED) is 0.215. The molecule has 1 aliphatic heterocycles. The van der Waals surface area contributed by atoms with Gasteiger partial charge in [0.15, 0.2) is 0 Å². The third-order valence-corrected chi connectivity index (χ3v) is 9.57. The van der Waals surface area contributed by atoms with Crippen molar-refractivity contribution in [1.82, 2.24) is 9.55 Å². The van der Waals surface area contributed by atoms with Crippen LogP contribution >= 0.6 is 0 Å². The molecule has 0 radical (unpaired) electrons. The average molecular weight is 540 g/mol. The summed E-state index contributed by atoms with van der Waals surface area (Å²) < 4.78 is 2.42. The third-order valence-electron chi connectivity index (χ3n) is 9.57. The zero-order valence-corrected chi connectivity index (χ0v) is 23.6. The number of hydrogen-bond donors (Lipinski definition) is 0. The van der Waals surface area contributed by atoms with Gasteiger partial charge < -0.3 is 4.57 Å². The molecule has 3 heteroatoms. The highest BCUT2D eigenvalue weighted by molar-refractivity contribution is 6.17. The molecule has 0 saturated carbocycles. The van der Waals surface area contributed by atoms with Crippen molar-refractivity contribution in [2.75, 3.05) is 0 Å². The van der Waals surface area contributed by atoms with E-state index >= 15 is 0 Å². The Labute approximate surface area is 245 Å². The Kier molecular flexibility index (Phi) is 4.79. The van der Waals surface area contributed by atoms with Crippen LogP contribution in [0.25, 0.3) is 56.0 Å². The predicted octanol–water partition coefficient (Wildman–Crippen LogP) is 9.48. The minimum absolute atomic E-state index is 0.0259. The number of aliphatic imine (C=N–C) groups is 1. The van der Waals surface area contributed by atoms with Crippen molar-refractivity contribution in [3.8, 4) is 28.1 Å². The number of fused-ring (bicyclic) bond motifs is 10. The number of benzene rings is 4. The first kappa shape index (κ1) is 23.7. The van der Waals surface area contributed by atoms with Gasteiger partial charge in [-0.05, 0) is 64.2 Å². The fraction of sp³-hybridized carbons (Fsp3) is 0.128. The second-order valence-electron chi connectivity index (χ2n) is 12.2. The molecule has 2 aliphatic carbocycles. The number of nitrogens with zero attached hydrogens (tertiary/aromatic N) is 3. The summed E-state index contributed by atoms with van der Waals surface area (Å²) in [5, 5.41) is 2.63. The summed E-state index contributed by atoms with van der Waals surface area (Å²) >= 11 is 0. The Morgan fingerprint density at radius 3 is 2.48 bits per heavy atom. The lowest BCUT2D eigenvalue weighted by atomic mass is 9.82. The molecule has 2 aromatic heterocycles. The number of para-hydroxylation sites is 1.